The number of piperidine rings is 2. The molecule has 2 aromatic rings. The Morgan fingerprint density at radius 2 is 1.44 bits per heavy atom. The van der Waals surface area contributed by atoms with Crippen molar-refractivity contribution in [3.05, 3.63) is 54.1 Å². The van der Waals surface area contributed by atoms with Gasteiger partial charge in [-0.1, -0.05) is 18.6 Å². The first kappa shape index (κ1) is 22.2. The van der Waals surface area contributed by atoms with E-state index in [1.807, 2.05) is 0 Å². The van der Waals surface area contributed by atoms with Gasteiger partial charge < -0.3 is 5.32 Å². The van der Waals surface area contributed by atoms with E-state index in [0.29, 0.717) is 43.7 Å². The molecule has 3 amide bonds. The molecule has 9 heteroatoms. The molecule has 0 aliphatic carbocycles. The van der Waals surface area contributed by atoms with Gasteiger partial charge in [0.2, 0.25) is 21.8 Å². The number of hydrogen-bond acceptors (Lipinski definition) is 5. The molecule has 8 nitrogen and oxygen atoms in total. The van der Waals surface area contributed by atoms with Crippen LogP contribution in [-0.2, 0) is 19.6 Å². The van der Waals surface area contributed by atoms with Gasteiger partial charge >= 0.3 is 0 Å². The molecule has 4 rings (SSSR count). The predicted octanol–water partition coefficient (Wildman–Crippen LogP) is 3.16. The quantitative estimate of drug-likeness (QED) is 0.698. The minimum Gasteiger partial charge on any atom is -0.322 e. The third-order valence-corrected chi connectivity index (χ3v) is 7.68. The van der Waals surface area contributed by atoms with Crippen LogP contribution in [0.2, 0.25) is 0 Å². The van der Waals surface area contributed by atoms with Gasteiger partial charge in [-0.2, -0.15) is 4.31 Å². The third-order valence-electron chi connectivity index (χ3n) is 5.73. The molecule has 2 heterocycles. The minimum absolute atomic E-state index is 0.0134. The molecule has 2 fully saturated rings. The van der Waals surface area contributed by atoms with Crippen LogP contribution in [0.4, 0.5) is 11.4 Å². The summed E-state index contributed by atoms with van der Waals surface area (Å²) < 4.78 is 27.7. The summed E-state index contributed by atoms with van der Waals surface area (Å²) in [6, 6.07) is 12.5. The molecule has 2 saturated heterocycles. The maximum atomic E-state index is 13.1. The standard InChI is InChI=1S/C23H25N3O5S/c27-21-9-6-10-22(28)26(21)18-13-11-17(12-14-18)24-23(29)19-7-2-3-8-20(19)32(30,31)25-15-4-1-5-16-25/h2-3,7-8,11-14H,1,4-6,9-10,15-16H2,(H,24,29). The highest BCUT2D eigenvalue weighted by Gasteiger charge is 2.30. The normalized spacial score (nSPS) is 17.9. The number of nitrogens with zero attached hydrogens (tertiary/aromatic N) is 2. The molecule has 0 radical (unpaired) electrons. The molecule has 0 atom stereocenters. The van der Waals surface area contributed by atoms with E-state index in [-0.39, 0.29) is 22.3 Å². The zero-order valence-electron chi connectivity index (χ0n) is 17.6. The molecule has 168 valence electrons. The summed E-state index contributed by atoms with van der Waals surface area (Å²) >= 11 is 0. The number of rotatable bonds is 5. The monoisotopic (exact) mass is 455 g/mol. The first-order valence-corrected chi connectivity index (χ1v) is 12.2. The van der Waals surface area contributed by atoms with Crippen LogP contribution in [0.3, 0.4) is 0 Å². The highest BCUT2D eigenvalue weighted by molar-refractivity contribution is 7.89. The van der Waals surface area contributed by atoms with Gasteiger partial charge in [0.25, 0.3) is 5.91 Å². The Morgan fingerprint density at radius 3 is 2.09 bits per heavy atom. The second kappa shape index (κ2) is 9.22. The number of carbonyl (C=O) groups is 3. The average molecular weight is 456 g/mol. The van der Waals surface area contributed by atoms with Gasteiger partial charge in [-0.25, -0.2) is 8.42 Å². The second-order valence-corrected chi connectivity index (χ2v) is 9.84. The maximum Gasteiger partial charge on any atom is 0.257 e. The molecular formula is C23H25N3O5S. The Balaban J connectivity index is 1.54. The number of imide groups is 1. The van der Waals surface area contributed by atoms with Crippen LogP contribution >= 0.6 is 0 Å². The lowest BCUT2D eigenvalue weighted by atomic mass is 10.1. The van der Waals surface area contributed by atoms with Crippen LogP contribution < -0.4 is 10.2 Å². The van der Waals surface area contributed by atoms with Crippen LogP contribution in [0, 0.1) is 0 Å². The maximum absolute atomic E-state index is 13.1. The molecule has 0 aromatic heterocycles. The van der Waals surface area contributed by atoms with Gasteiger partial charge in [-0.3, -0.25) is 19.3 Å². The Kier molecular flexibility index (Phi) is 6.38. The van der Waals surface area contributed by atoms with E-state index in [0.717, 1.165) is 24.2 Å². The van der Waals surface area contributed by atoms with Crippen molar-refractivity contribution in [1.29, 1.82) is 0 Å². The van der Waals surface area contributed by atoms with E-state index in [9.17, 15) is 22.8 Å². The Bertz CT molecular complexity index is 1120. The Morgan fingerprint density at radius 1 is 0.812 bits per heavy atom. The summed E-state index contributed by atoms with van der Waals surface area (Å²) in [6.45, 7) is 0.904. The summed E-state index contributed by atoms with van der Waals surface area (Å²) in [5.41, 5.74) is 0.954. The lowest BCUT2D eigenvalue weighted by molar-refractivity contribution is -0.129. The number of sulfonamides is 1. The number of amides is 3. The lowest BCUT2D eigenvalue weighted by Gasteiger charge is -2.26. The highest BCUT2D eigenvalue weighted by Crippen LogP contribution is 2.26. The number of hydrogen-bond donors (Lipinski definition) is 1. The molecule has 0 spiro atoms. The van der Waals surface area contributed by atoms with Crippen molar-refractivity contribution in [2.24, 2.45) is 0 Å². The van der Waals surface area contributed by atoms with E-state index in [1.165, 1.54) is 16.4 Å². The zero-order valence-corrected chi connectivity index (χ0v) is 18.4. The molecule has 2 aliphatic heterocycles. The molecule has 2 aliphatic rings. The van der Waals surface area contributed by atoms with Crippen LogP contribution in [0.25, 0.3) is 0 Å². The first-order chi connectivity index (χ1) is 15.4. The van der Waals surface area contributed by atoms with Crippen molar-refractivity contribution in [2.45, 2.75) is 43.4 Å². The average Bonchev–Trinajstić information content (AvgIpc) is 2.80. The summed E-state index contributed by atoms with van der Waals surface area (Å²) in [7, 11) is -3.77. The predicted molar refractivity (Wildman–Crippen MR) is 120 cm³/mol. The summed E-state index contributed by atoms with van der Waals surface area (Å²) in [5, 5.41) is 2.72. The molecule has 1 N–H and O–H groups in total. The Labute approximate surface area is 187 Å². The molecule has 0 saturated carbocycles. The van der Waals surface area contributed by atoms with Crippen molar-refractivity contribution in [2.75, 3.05) is 23.3 Å². The number of nitrogens with one attached hydrogen (secondary N) is 1. The molecular weight excluding hydrogens is 430 g/mol. The van der Waals surface area contributed by atoms with Crippen LogP contribution in [-0.4, -0.2) is 43.5 Å². The van der Waals surface area contributed by atoms with Gasteiger partial charge in [0.15, 0.2) is 0 Å². The van der Waals surface area contributed by atoms with Crippen molar-refractivity contribution in [1.82, 2.24) is 4.31 Å². The largest absolute Gasteiger partial charge is 0.322 e. The molecule has 0 bridgehead atoms. The number of anilines is 2. The van der Waals surface area contributed by atoms with Crippen molar-refractivity contribution in [3.8, 4) is 0 Å². The van der Waals surface area contributed by atoms with Gasteiger partial charge in [-0.15, -0.1) is 0 Å². The van der Waals surface area contributed by atoms with E-state index in [4.69, 9.17) is 0 Å². The number of carbonyl (C=O) groups excluding carboxylic acids is 3. The highest BCUT2D eigenvalue weighted by atomic mass is 32.2. The van der Waals surface area contributed by atoms with E-state index in [1.54, 1.807) is 36.4 Å². The zero-order chi connectivity index (χ0) is 22.7. The van der Waals surface area contributed by atoms with Gasteiger partial charge in [0.1, 0.15) is 0 Å². The van der Waals surface area contributed by atoms with Crippen LogP contribution in [0.15, 0.2) is 53.4 Å². The second-order valence-electron chi connectivity index (χ2n) is 7.94. The Hall–Kier alpha value is -3.04. The van der Waals surface area contributed by atoms with Crippen molar-refractivity contribution >= 4 is 39.1 Å². The van der Waals surface area contributed by atoms with Crippen LogP contribution in [0.1, 0.15) is 48.9 Å². The number of benzene rings is 2. The third kappa shape index (κ3) is 4.44. The van der Waals surface area contributed by atoms with E-state index in [2.05, 4.69) is 5.32 Å². The summed E-state index contributed by atoms with van der Waals surface area (Å²) in [6.07, 6.45) is 3.82. The van der Waals surface area contributed by atoms with Gasteiger partial charge in [0.05, 0.1) is 16.1 Å². The lowest BCUT2D eigenvalue weighted by Crippen LogP contribution is -2.40. The van der Waals surface area contributed by atoms with Gasteiger partial charge in [-0.05, 0) is 55.7 Å². The summed E-state index contributed by atoms with van der Waals surface area (Å²) in [5.74, 6) is -1.02. The van der Waals surface area contributed by atoms with Gasteiger partial charge in [0, 0.05) is 31.6 Å². The molecule has 2 aromatic carbocycles. The first-order valence-electron chi connectivity index (χ1n) is 10.7. The van der Waals surface area contributed by atoms with E-state index >= 15 is 0 Å². The van der Waals surface area contributed by atoms with Crippen LogP contribution in [0.5, 0.6) is 0 Å². The summed E-state index contributed by atoms with van der Waals surface area (Å²) in [4.78, 5) is 38.3. The minimum atomic E-state index is -3.77. The fraction of sp³-hybridized carbons (Fsp3) is 0.348. The topological polar surface area (TPSA) is 104 Å². The smallest absolute Gasteiger partial charge is 0.257 e. The van der Waals surface area contributed by atoms with Crippen molar-refractivity contribution in [3.63, 3.8) is 0 Å². The molecule has 0 unspecified atom stereocenters. The fourth-order valence-corrected chi connectivity index (χ4v) is 5.76. The van der Waals surface area contributed by atoms with E-state index < -0.39 is 15.9 Å². The SMILES string of the molecule is O=C(Nc1ccc(N2C(=O)CCCC2=O)cc1)c1ccccc1S(=O)(=O)N1CCCCC1. The molecule has 32 heavy (non-hydrogen) atoms. The van der Waals surface area contributed by atoms with Crippen molar-refractivity contribution < 1.29 is 22.8 Å². The fourth-order valence-electron chi connectivity index (χ4n) is 4.06.